The molecule has 9 heavy (non-hydrogen) atoms. The zero-order valence-electron chi connectivity index (χ0n) is 5.22. The Morgan fingerprint density at radius 2 is 2.44 bits per heavy atom. The van der Waals surface area contributed by atoms with Crippen molar-refractivity contribution >= 4 is 5.97 Å². The van der Waals surface area contributed by atoms with Gasteiger partial charge in [0.1, 0.15) is 6.10 Å². The molecule has 0 bridgehead atoms. The number of ether oxygens (including phenoxy) is 2. The van der Waals surface area contributed by atoms with Gasteiger partial charge in [0.2, 0.25) is 0 Å². The fourth-order valence-electron chi connectivity index (χ4n) is 1.07. The van der Waals surface area contributed by atoms with Crippen molar-refractivity contribution in [3.05, 3.63) is 0 Å². The molecule has 2 saturated heterocycles. The molecular formula is C6H8O3. The fourth-order valence-corrected chi connectivity index (χ4v) is 1.07. The van der Waals surface area contributed by atoms with Crippen molar-refractivity contribution < 1.29 is 14.3 Å². The smallest absolute Gasteiger partial charge is 0.385 e. The molecule has 2 aliphatic rings. The summed E-state index contributed by atoms with van der Waals surface area (Å²) in [4.78, 5) is 10.4. The SMILES string of the molecule is CCCC1OC12OC2=O. The van der Waals surface area contributed by atoms with Gasteiger partial charge in [0, 0.05) is 0 Å². The molecule has 3 heteroatoms. The maximum atomic E-state index is 10.4. The Morgan fingerprint density at radius 3 is 2.78 bits per heavy atom. The molecule has 0 aromatic rings. The van der Waals surface area contributed by atoms with Gasteiger partial charge >= 0.3 is 11.8 Å². The van der Waals surface area contributed by atoms with E-state index in [0.717, 1.165) is 12.8 Å². The van der Waals surface area contributed by atoms with Crippen LogP contribution in [0.25, 0.3) is 0 Å². The van der Waals surface area contributed by atoms with Gasteiger partial charge in [0.05, 0.1) is 0 Å². The molecular weight excluding hydrogens is 120 g/mol. The van der Waals surface area contributed by atoms with E-state index in [1.165, 1.54) is 0 Å². The minimum atomic E-state index is -0.712. The van der Waals surface area contributed by atoms with E-state index in [1.807, 2.05) is 0 Å². The molecule has 0 aliphatic carbocycles. The van der Waals surface area contributed by atoms with Gasteiger partial charge in [-0.2, -0.15) is 0 Å². The molecule has 0 N–H and O–H groups in total. The molecule has 3 nitrogen and oxygen atoms in total. The second-order valence-corrected chi connectivity index (χ2v) is 2.45. The van der Waals surface area contributed by atoms with Crippen molar-refractivity contribution in [2.45, 2.75) is 31.7 Å². The summed E-state index contributed by atoms with van der Waals surface area (Å²) in [6, 6.07) is 0. The van der Waals surface area contributed by atoms with Crippen molar-refractivity contribution in [1.82, 2.24) is 0 Å². The first-order chi connectivity index (χ1) is 4.29. The highest BCUT2D eigenvalue weighted by molar-refractivity contribution is 5.94. The molecule has 0 aromatic carbocycles. The molecule has 0 radical (unpaired) electrons. The topological polar surface area (TPSA) is 42.1 Å². The van der Waals surface area contributed by atoms with E-state index in [4.69, 9.17) is 4.74 Å². The Bertz CT molecular complexity index is 166. The zero-order valence-corrected chi connectivity index (χ0v) is 5.22. The summed E-state index contributed by atoms with van der Waals surface area (Å²) in [5.74, 6) is -0.892. The standard InChI is InChI=1S/C6H8O3/c1-2-3-4-6(8-4)5(7)9-6/h4H,2-3H2,1H3. The average Bonchev–Trinajstić information content (AvgIpc) is 2.58. The molecule has 2 atom stereocenters. The third-order valence-corrected chi connectivity index (χ3v) is 1.72. The molecule has 0 amide bonds. The molecule has 50 valence electrons. The Morgan fingerprint density at radius 1 is 1.78 bits per heavy atom. The van der Waals surface area contributed by atoms with Gasteiger partial charge in [-0.3, -0.25) is 0 Å². The minimum Gasteiger partial charge on any atom is -0.414 e. The maximum absolute atomic E-state index is 10.4. The van der Waals surface area contributed by atoms with Crippen LogP contribution in [0.4, 0.5) is 0 Å². The summed E-state index contributed by atoms with van der Waals surface area (Å²) in [7, 11) is 0. The van der Waals surface area contributed by atoms with Gasteiger partial charge in [0.15, 0.2) is 0 Å². The molecule has 2 unspecified atom stereocenters. The number of epoxide rings is 2. The lowest BCUT2D eigenvalue weighted by atomic mass is 10.2. The Hall–Kier alpha value is -0.570. The summed E-state index contributed by atoms with van der Waals surface area (Å²) in [5, 5.41) is 0. The van der Waals surface area contributed by atoms with Crippen LogP contribution in [0.3, 0.4) is 0 Å². The van der Waals surface area contributed by atoms with Crippen LogP contribution in [0.15, 0.2) is 0 Å². The largest absolute Gasteiger partial charge is 0.414 e. The number of carbonyl (C=O) groups is 1. The average molecular weight is 128 g/mol. The first-order valence-electron chi connectivity index (χ1n) is 3.21. The van der Waals surface area contributed by atoms with Crippen LogP contribution in [-0.4, -0.2) is 17.9 Å². The number of hydrogen-bond acceptors (Lipinski definition) is 3. The van der Waals surface area contributed by atoms with Crippen molar-refractivity contribution in [2.24, 2.45) is 0 Å². The lowest BCUT2D eigenvalue weighted by molar-refractivity contribution is -0.117. The van der Waals surface area contributed by atoms with Crippen LogP contribution in [0, 0.1) is 0 Å². The molecule has 2 heterocycles. The Kier molecular flexibility index (Phi) is 0.750. The highest BCUT2D eigenvalue weighted by Gasteiger charge is 2.79. The third kappa shape index (κ3) is 0.525. The van der Waals surface area contributed by atoms with E-state index in [1.54, 1.807) is 0 Å². The van der Waals surface area contributed by atoms with Crippen molar-refractivity contribution in [2.75, 3.05) is 0 Å². The van der Waals surface area contributed by atoms with Crippen LogP contribution in [0.2, 0.25) is 0 Å². The van der Waals surface area contributed by atoms with Crippen molar-refractivity contribution in [3.63, 3.8) is 0 Å². The highest BCUT2D eigenvalue weighted by atomic mass is 16.9. The Labute approximate surface area is 52.9 Å². The summed E-state index contributed by atoms with van der Waals surface area (Å²) in [6.45, 7) is 2.06. The van der Waals surface area contributed by atoms with Crippen LogP contribution in [0.1, 0.15) is 19.8 Å². The van der Waals surface area contributed by atoms with Gasteiger partial charge in [-0.15, -0.1) is 0 Å². The lowest BCUT2D eigenvalue weighted by Crippen LogP contribution is -1.94. The summed E-state index contributed by atoms with van der Waals surface area (Å²) >= 11 is 0. The predicted octanol–water partition coefficient (Wildman–Crippen LogP) is 0.438. The maximum Gasteiger partial charge on any atom is 0.385 e. The lowest BCUT2D eigenvalue weighted by Gasteiger charge is -1.79. The first-order valence-corrected chi connectivity index (χ1v) is 3.21. The molecule has 0 aromatic heterocycles. The van der Waals surface area contributed by atoms with Crippen LogP contribution in [-0.2, 0) is 14.3 Å². The summed E-state index contributed by atoms with van der Waals surface area (Å²) in [5.41, 5.74) is 0. The van der Waals surface area contributed by atoms with Crippen molar-refractivity contribution in [1.29, 1.82) is 0 Å². The van der Waals surface area contributed by atoms with Crippen LogP contribution >= 0.6 is 0 Å². The van der Waals surface area contributed by atoms with E-state index in [2.05, 4.69) is 11.7 Å². The normalized spacial score (nSPS) is 45.0. The summed E-state index contributed by atoms with van der Waals surface area (Å²) < 4.78 is 9.62. The van der Waals surface area contributed by atoms with E-state index in [0.29, 0.717) is 0 Å². The molecule has 0 saturated carbocycles. The Balaban J connectivity index is 1.90. The molecule has 2 rings (SSSR count). The van der Waals surface area contributed by atoms with Gasteiger partial charge in [-0.1, -0.05) is 13.3 Å². The zero-order chi connectivity index (χ0) is 6.48. The number of carbonyl (C=O) groups excluding carboxylic acids is 1. The van der Waals surface area contributed by atoms with Crippen LogP contribution in [0.5, 0.6) is 0 Å². The molecule has 2 aliphatic heterocycles. The summed E-state index contributed by atoms with van der Waals surface area (Å²) in [6.07, 6.45) is 2.06. The van der Waals surface area contributed by atoms with Crippen molar-refractivity contribution in [3.8, 4) is 0 Å². The predicted molar refractivity (Wildman–Crippen MR) is 28.6 cm³/mol. The second kappa shape index (κ2) is 1.29. The van der Waals surface area contributed by atoms with Crippen LogP contribution < -0.4 is 0 Å². The highest BCUT2D eigenvalue weighted by Crippen LogP contribution is 2.52. The quantitative estimate of drug-likeness (QED) is 0.507. The fraction of sp³-hybridized carbons (Fsp3) is 0.833. The van der Waals surface area contributed by atoms with Gasteiger partial charge in [0.25, 0.3) is 0 Å². The molecule has 1 spiro atoms. The minimum absolute atomic E-state index is 0.0787. The van der Waals surface area contributed by atoms with E-state index in [9.17, 15) is 4.79 Å². The van der Waals surface area contributed by atoms with Gasteiger partial charge < -0.3 is 9.47 Å². The number of hydrogen-bond donors (Lipinski definition) is 0. The van der Waals surface area contributed by atoms with Gasteiger partial charge in [-0.25, -0.2) is 4.79 Å². The molecule has 2 fully saturated rings. The third-order valence-electron chi connectivity index (χ3n) is 1.72. The number of rotatable bonds is 2. The van der Waals surface area contributed by atoms with E-state index >= 15 is 0 Å². The van der Waals surface area contributed by atoms with E-state index in [-0.39, 0.29) is 12.1 Å². The monoisotopic (exact) mass is 128 g/mol. The second-order valence-electron chi connectivity index (χ2n) is 2.45. The van der Waals surface area contributed by atoms with Gasteiger partial charge in [-0.05, 0) is 6.42 Å². The first kappa shape index (κ1) is 5.23. The van der Waals surface area contributed by atoms with E-state index < -0.39 is 5.79 Å².